The molecule has 10 rings (SSSR count). The zero-order valence-electron chi connectivity index (χ0n) is 28.3. The van der Waals surface area contributed by atoms with E-state index in [-0.39, 0.29) is 0 Å². The molecule has 0 spiro atoms. The van der Waals surface area contributed by atoms with E-state index in [4.69, 9.17) is 0 Å². The second-order valence-electron chi connectivity index (χ2n) is 13.0. The minimum atomic E-state index is 1.09. The fourth-order valence-electron chi connectivity index (χ4n) is 7.64. The van der Waals surface area contributed by atoms with Crippen molar-refractivity contribution in [2.45, 2.75) is 0 Å². The first-order chi connectivity index (χ1) is 25.8. The van der Waals surface area contributed by atoms with Gasteiger partial charge in [0.2, 0.25) is 0 Å². The average molecular weight is 684 g/mol. The number of rotatable bonds is 7. The van der Waals surface area contributed by atoms with Crippen LogP contribution >= 0.6 is 11.3 Å². The number of nitrogens with zero attached hydrogens (tertiary/aromatic N) is 3. The van der Waals surface area contributed by atoms with Crippen molar-refractivity contribution in [1.29, 1.82) is 0 Å². The number of anilines is 6. The Morgan fingerprint density at radius 1 is 0.346 bits per heavy atom. The second kappa shape index (κ2) is 12.6. The lowest BCUT2D eigenvalue weighted by Crippen LogP contribution is -2.12. The van der Waals surface area contributed by atoms with E-state index in [1.54, 1.807) is 0 Å². The van der Waals surface area contributed by atoms with Gasteiger partial charge in [-0.25, -0.2) is 0 Å². The summed E-state index contributed by atoms with van der Waals surface area (Å²) in [6, 6.07) is 72.0. The third-order valence-electron chi connectivity index (χ3n) is 9.95. The average Bonchev–Trinajstić information content (AvgIpc) is 3.76. The lowest BCUT2D eigenvalue weighted by atomic mass is 10.1. The number of fused-ring (bicyclic) bond motifs is 6. The van der Waals surface area contributed by atoms with E-state index < -0.39 is 0 Å². The van der Waals surface area contributed by atoms with Crippen molar-refractivity contribution < 1.29 is 0 Å². The van der Waals surface area contributed by atoms with Crippen LogP contribution in [0.25, 0.3) is 47.7 Å². The minimum absolute atomic E-state index is 1.09. The maximum atomic E-state index is 2.39. The highest BCUT2D eigenvalue weighted by Crippen LogP contribution is 2.46. The first-order valence-electron chi connectivity index (χ1n) is 17.6. The zero-order valence-corrected chi connectivity index (χ0v) is 29.1. The van der Waals surface area contributed by atoms with Crippen molar-refractivity contribution in [2.24, 2.45) is 0 Å². The van der Waals surface area contributed by atoms with E-state index in [1.807, 2.05) is 11.3 Å². The molecule has 2 aromatic heterocycles. The molecule has 0 radical (unpaired) electrons. The van der Waals surface area contributed by atoms with Gasteiger partial charge in [0.1, 0.15) is 0 Å². The molecule has 0 saturated carbocycles. The first-order valence-corrected chi connectivity index (χ1v) is 18.4. The van der Waals surface area contributed by atoms with Crippen molar-refractivity contribution in [3.8, 4) is 5.69 Å². The van der Waals surface area contributed by atoms with Crippen LogP contribution in [0.3, 0.4) is 0 Å². The normalized spacial score (nSPS) is 11.5. The summed E-state index contributed by atoms with van der Waals surface area (Å²) < 4.78 is 4.95. The van der Waals surface area contributed by atoms with Gasteiger partial charge >= 0.3 is 0 Å². The van der Waals surface area contributed by atoms with Crippen LogP contribution < -0.4 is 9.80 Å². The molecule has 0 atom stereocenters. The molecule has 52 heavy (non-hydrogen) atoms. The Kier molecular flexibility index (Phi) is 7.33. The van der Waals surface area contributed by atoms with E-state index in [2.05, 4.69) is 215 Å². The van der Waals surface area contributed by atoms with E-state index in [0.717, 1.165) is 34.1 Å². The van der Waals surface area contributed by atoms with Crippen LogP contribution in [0.5, 0.6) is 0 Å². The predicted molar refractivity (Wildman–Crippen MR) is 223 cm³/mol. The van der Waals surface area contributed by atoms with Gasteiger partial charge in [-0.2, -0.15) is 0 Å². The third-order valence-corrected chi connectivity index (χ3v) is 11.2. The number of benzene rings is 8. The van der Waals surface area contributed by atoms with E-state index in [0.29, 0.717) is 0 Å². The Bertz CT molecular complexity index is 2840. The zero-order chi connectivity index (χ0) is 34.4. The molecule has 0 aliphatic rings. The number of aromatic nitrogens is 1. The largest absolute Gasteiger partial charge is 0.310 e. The fraction of sp³-hybridized carbons (Fsp3) is 0. The maximum absolute atomic E-state index is 2.39. The molecule has 0 aliphatic heterocycles. The smallest absolute Gasteiger partial charge is 0.0640 e. The highest BCUT2D eigenvalue weighted by Gasteiger charge is 2.20. The van der Waals surface area contributed by atoms with Gasteiger partial charge in [-0.3, -0.25) is 0 Å². The first kappa shape index (κ1) is 30.2. The molecule has 0 bridgehead atoms. The van der Waals surface area contributed by atoms with Crippen molar-refractivity contribution in [3.63, 3.8) is 0 Å². The molecule has 8 aromatic carbocycles. The SMILES string of the molecule is c1ccc(N(c2ccc(N(c3ccccc3)c3cccc4c3sc3ccccc34)cc2)c2ccc3c(c2)c2ccccc2n3-c2ccccc2)cc1. The van der Waals surface area contributed by atoms with Gasteiger partial charge in [-0.15, -0.1) is 11.3 Å². The Hall–Kier alpha value is -6.62. The van der Waals surface area contributed by atoms with Crippen LogP contribution in [0.1, 0.15) is 0 Å². The van der Waals surface area contributed by atoms with Gasteiger partial charge in [0.25, 0.3) is 0 Å². The number of hydrogen-bond donors (Lipinski definition) is 0. The summed E-state index contributed by atoms with van der Waals surface area (Å²) >= 11 is 1.86. The van der Waals surface area contributed by atoms with Crippen molar-refractivity contribution in [3.05, 3.63) is 200 Å². The molecule has 2 heterocycles. The molecular formula is C48H33N3S. The van der Waals surface area contributed by atoms with Crippen LogP contribution in [0.2, 0.25) is 0 Å². The molecule has 3 nitrogen and oxygen atoms in total. The summed E-state index contributed by atoms with van der Waals surface area (Å²) in [6.07, 6.45) is 0. The lowest BCUT2D eigenvalue weighted by Gasteiger charge is -2.28. The molecular weight excluding hydrogens is 651 g/mol. The van der Waals surface area contributed by atoms with Crippen LogP contribution in [0.4, 0.5) is 34.1 Å². The Balaban J connectivity index is 1.12. The van der Waals surface area contributed by atoms with Gasteiger partial charge < -0.3 is 14.4 Å². The molecule has 10 aromatic rings. The summed E-state index contributed by atoms with van der Waals surface area (Å²) in [6.45, 7) is 0. The molecule has 246 valence electrons. The van der Waals surface area contributed by atoms with Crippen LogP contribution in [-0.4, -0.2) is 4.57 Å². The van der Waals surface area contributed by atoms with Crippen molar-refractivity contribution >= 4 is 87.4 Å². The quantitative estimate of drug-likeness (QED) is 0.166. The van der Waals surface area contributed by atoms with Crippen LogP contribution in [0.15, 0.2) is 200 Å². The molecule has 0 unspecified atom stereocenters. The molecule has 0 saturated heterocycles. The molecule has 0 fully saturated rings. The minimum Gasteiger partial charge on any atom is -0.310 e. The highest BCUT2D eigenvalue weighted by molar-refractivity contribution is 7.26. The summed E-state index contributed by atoms with van der Waals surface area (Å²) in [5.41, 5.74) is 10.3. The summed E-state index contributed by atoms with van der Waals surface area (Å²) in [5, 5.41) is 5.05. The Morgan fingerprint density at radius 2 is 0.865 bits per heavy atom. The van der Waals surface area contributed by atoms with E-state index in [1.165, 1.54) is 47.7 Å². The van der Waals surface area contributed by atoms with Crippen molar-refractivity contribution in [1.82, 2.24) is 4.57 Å². The third kappa shape index (κ3) is 5.04. The van der Waals surface area contributed by atoms with Crippen molar-refractivity contribution in [2.75, 3.05) is 9.80 Å². The molecule has 0 aliphatic carbocycles. The number of hydrogen-bond acceptors (Lipinski definition) is 3. The van der Waals surface area contributed by atoms with E-state index >= 15 is 0 Å². The molecule has 0 amide bonds. The predicted octanol–water partition coefficient (Wildman–Crippen LogP) is 14.1. The molecule has 4 heteroatoms. The maximum Gasteiger partial charge on any atom is 0.0640 e. The molecule has 0 N–H and O–H groups in total. The lowest BCUT2D eigenvalue weighted by molar-refractivity contribution is 1.18. The second-order valence-corrected chi connectivity index (χ2v) is 14.1. The van der Waals surface area contributed by atoms with Gasteiger partial charge in [-0.1, -0.05) is 103 Å². The highest BCUT2D eigenvalue weighted by atomic mass is 32.1. The Morgan fingerprint density at radius 3 is 1.60 bits per heavy atom. The summed E-state index contributed by atoms with van der Waals surface area (Å²) in [4.78, 5) is 4.75. The fourth-order valence-corrected chi connectivity index (χ4v) is 8.85. The van der Waals surface area contributed by atoms with Gasteiger partial charge in [0.05, 0.1) is 21.4 Å². The monoisotopic (exact) mass is 683 g/mol. The summed E-state index contributed by atoms with van der Waals surface area (Å²) in [5.74, 6) is 0. The number of thiophene rings is 1. The Labute approximate surface area is 306 Å². The summed E-state index contributed by atoms with van der Waals surface area (Å²) in [7, 11) is 0. The van der Waals surface area contributed by atoms with E-state index in [9.17, 15) is 0 Å². The topological polar surface area (TPSA) is 11.4 Å². The number of para-hydroxylation sites is 4. The standard InChI is InChI=1S/C48H33N3S/c1-4-15-34(16-5-1)49(39-31-32-45-43(33-39)40-21-10-12-24-44(40)51(45)36-19-8-3-9-20-36)37-27-29-38(30-28-37)50(35-17-6-2-7-18-35)46-25-14-23-42-41-22-11-13-26-47(41)52-48(42)46/h1-33H. The van der Waals surface area contributed by atoms with Crippen LogP contribution in [-0.2, 0) is 0 Å². The van der Waals surface area contributed by atoms with Gasteiger partial charge in [-0.05, 0) is 97.1 Å². The van der Waals surface area contributed by atoms with Gasteiger partial charge in [0.15, 0.2) is 0 Å². The van der Waals surface area contributed by atoms with Crippen LogP contribution in [0, 0.1) is 0 Å². The van der Waals surface area contributed by atoms with Gasteiger partial charge in [0, 0.05) is 60.4 Å².